The van der Waals surface area contributed by atoms with Crippen LogP contribution in [0, 0.1) is 11.3 Å². The van der Waals surface area contributed by atoms with E-state index in [1.54, 1.807) is 30.3 Å². The second-order valence-electron chi connectivity index (χ2n) is 5.58. The van der Waals surface area contributed by atoms with Gasteiger partial charge in [0.05, 0.1) is 17.2 Å². The summed E-state index contributed by atoms with van der Waals surface area (Å²) in [4.78, 5) is 23.9. The first-order valence-corrected chi connectivity index (χ1v) is 7.90. The number of fused-ring (bicyclic) bond motifs is 1. The average molecular weight is 333 g/mol. The Morgan fingerprint density at radius 1 is 1.20 bits per heavy atom. The fourth-order valence-corrected chi connectivity index (χ4v) is 2.63. The van der Waals surface area contributed by atoms with Gasteiger partial charge in [-0.1, -0.05) is 19.4 Å². The largest absolute Gasteiger partial charge is 0.423 e. The minimum atomic E-state index is -0.580. The first-order valence-electron chi connectivity index (χ1n) is 7.90. The van der Waals surface area contributed by atoms with E-state index in [9.17, 15) is 9.59 Å². The van der Waals surface area contributed by atoms with Crippen molar-refractivity contribution in [3.05, 3.63) is 75.6 Å². The number of aryl methyl sites for hydroxylation is 1. The van der Waals surface area contributed by atoms with Crippen LogP contribution in [0.15, 0.2) is 57.7 Å². The Bertz CT molecular complexity index is 1040. The molecule has 0 amide bonds. The van der Waals surface area contributed by atoms with Crippen LogP contribution in [-0.2, 0) is 6.42 Å². The van der Waals surface area contributed by atoms with Gasteiger partial charge in [-0.2, -0.15) is 5.26 Å². The summed E-state index contributed by atoms with van der Waals surface area (Å²) in [6, 6.07) is 14.7. The molecular formula is C20H15NO4. The van der Waals surface area contributed by atoms with E-state index < -0.39 is 11.6 Å². The molecule has 0 aliphatic rings. The summed E-state index contributed by atoms with van der Waals surface area (Å²) in [5, 5.41) is 9.73. The molecule has 0 unspecified atom stereocenters. The third-order valence-electron chi connectivity index (χ3n) is 3.76. The Labute approximate surface area is 144 Å². The van der Waals surface area contributed by atoms with E-state index in [0.717, 1.165) is 23.8 Å². The van der Waals surface area contributed by atoms with E-state index in [1.807, 2.05) is 13.0 Å². The summed E-state index contributed by atoms with van der Waals surface area (Å²) < 4.78 is 10.6. The summed E-state index contributed by atoms with van der Waals surface area (Å²) in [6.45, 7) is 2.03. The summed E-state index contributed by atoms with van der Waals surface area (Å²) in [6.07, 6.45) is 1.67. The number of esters is 1. The average Bonchev–Trinajstić information content (AvgIpc) is 2.61. The van der Waals surface area contributed by atoms with Crippen molar-refractivity contribution in [2.45, 2.75) is 19.8 Å². The van der Waals surface area contributed by atoms with Crippen LogP contribution in [0.3, 0.4) is 0 Å². The maximum atomic E-state index is 12.2. The van der Waals surface area contributed by atoms with Crippen molar-refractivity contribution >= 4 is 16.9 Å². The molecular weight excluding hydrogens is 318 g/mol. The summed E-state index contributed by atoms with van der Waals surface area (Å²) >= 11 is 0. The van der Waals surface area contributed by atoms with Crippen molar-refractivity contribution in [3.8, 4) is 11.8 Å². The first kappa shape index (κ1) is 16.5. The second-order valence-corrected chi connectivity index (χ2v) is 5.58. The van der Waals surface area contributed by atoms with Gasteiger partial charge in [-0.25, -0.2) is 9.59 Å². The van der Waals surface area contributed by atoms with E-state index in [1.165, 1.54) is 18.2 Å². The first-order chi connectivity index (χ1) is 12.1. The van der Waals surface area contributed by atoms with Crippen LogP contribution in [0.25, 0.3) is 11.0 Å². The van der Waals surface area contributed by atoms with Gasteiger partial charge in [0.15, 0.2) is 0 Å². The van der Waals surface area contributed by atoms with Crippen molar-refractivity contribution < 1.29 is 13.9 Å². The van der Waals surface area contributed by atoms with E-state index in [4.69, 9.17) is 14.4 Å². The molecule has 0 N–H and O–H groups in total. The Morgan fingerprint density at radius 3 is 2.80 bits per heavy atom. The number of ether oxygens (including phenoxy) is 1. The predicted molar refractivity (Wildman–Crippen MR) is 92.6 cm³/mol. The highest BCUT2D eigenvalue weighted by molar-refractivity contribution is 5.92. The van der Waals surface area contributed by atoms with Crippen LogP contribution in [-0.4, -0.2) is 5.97 Å². The zero-order valence-corrected chi connectivity index (χ0v) is 13.6. The second kappa shape index (κ2) is 7.02. The monoisotopic (exact) mass is 333 g/mol. The normalized spacial score (nSPS) is 10.4. The third kappa shape index (κ3) is 3.59. The molecule has 1 heterocycles. The molecule has 0 spiro atoms. The smallest absolute Gasteiger partial charge is 0.343 e. The fraction of sp³-hybridized carbons (Fsp3) is 0.150. The zero-order valence-electron chi connectivity index (χ0n) is 13.6. The van der Waals surface area contributed by atoms with Gasteiger partial charge in [-0.05, 0) is 42.3 Å². The molecule has 3 aromatic rings. The molecule has 0 aliphatic heterocycles. The molecule has 3 rings (SSSR count). The summed E-state index contributed by atoms with van der Waals surface area (Å²) in [5.41, 5.74) is 1.52. The van der Waals surface area contributed by atoms with Crippen LogP contribution in [0.5, 0.6) is 5.75 Å². The van der Waals surface area contributed by atoms with Gasteiger partial charge in [0.1, 0.15) is 11.3 Å². The Morgan fingerprint density at radius 2 is 2.04 bits per heavy atom. The van der Waals surface area contributed by atoms with Crippen molar-refractivity contribution in [1.29, 1.82) is 5.26 Å². The number of rotatable bonds is 4. The lowest BCUT2D eigenvalue weighted by Gasteiger charge is -2.07. The van der Waals surface area contributed by atoms with E-state index in [0.29, 0.717) is 11.1 Å². The maximum absolute atomic E-state index is 12.2. The molecule has 0 radical (unpaired) electrons. The number of hydrogen-bond donors (Lipinski definition) is 0. The SMILES string of the molecule is CCCc1cc(=O)oc2cc(OC(=O)c3cccc(C#N)c3)ccc12. The van der Waals surface area contributed by atoms with E-state index in [2.05, 4.69) is 0 Å². The van der Waals surface area contributed by atoms with Crippen molar-refractivity contribution in [1.82, 2.24) is 0 Å². The highest BCUT2D eigenvalue weighted by atomic mass is 16.5. The number of benzene rings is 2. The number of nitrogens with zero attached hydrogens (tertiary/aromatic N) is 1. The fourth-order valence-electron chi connectivity index (χ4n) is 2.63. The third-order valence-corrected chi connectivity index (χ3v) is 3.76. The zero-order chi connectivity index (χ0) is 17.8. The highest BCUT2D eigenvalue weighted by Crippen LogP contribution is 2.24. The van der Waals surface area contributed by atoms with Crippen molar-refractivity contribution in [2.75, 3.05) is 0 Å². The van der Waals surface area contributed by atoms with Gasteiger partial charge in [0.2, 0.25) is 0 Å². The Hall–Kier alpha value is -3.39. The minimum Gasteiger partial charge on any atom is -0.423 e. The predicted octanol–water partition coefficient (Wildman–Crippen LogP) is 3.84. The van der Waals surface area contributed by atoms with Gasteiger partial charge >= 0.3 is 11.6 Å². The molecule has 5 nitrogen and oxygen atoms in total. The van der Waals surface area contributed by atoms with Crippen LogP contribution in [0.2, 0.25) is 0 Å². The van der Waals surface area contributed by atoms with Gasteiger partial charge < -0.3 is 9.15 Å². The topological polar surface area (TPSA) is 80.3 Å². The lowest BCUT2D eigenvalue weighted by molar-refractivity contribution is 0.0735. The molecule has 124 valence electrons. The molecule has 1 aromatic heterocycles. The molecule has 25 heavy (non-hydrogen) atoms. The Balaban J connectivity index is 1.93. The molecule has 0 saturated carbocycles. The molecule has 5 heteroatoms. The van der Waals surface area contributed by atoms with Gasteiger partial charge in [0.25, 0.3) is 0 Å². The van der Waals surface area contributed by atoms with Gasteiger partial charge in [-0.15, -0.1) is 0 Å². The molecule has 0 bridgehead atoms. The van der Waals surface area contributed by atoms with E-state index in [-0.39, 0.29) is 11.3 Å². The van der Waals surface area contributed by atoms with Crippen LogP contribution < -0.4 is 10.4 Å². The molecule has 0 fully saturated rings. The molecule has 0 aliphatic carbocycles. The quantitative estimate of drug-likeness (QED) is 0.412. The van der Waals surface area contributed by atoms with Crippen molar-refractivity contribution in [2.24, 2.45) is 0 Å². The number of nitriles is 1. The summed E-state index contributed by atoms with van der Waals surface area (Å²) in [7, 11) is 0. The van der Waals surface area contributed by atoms with Crippen LogP contribution in [0.1, 0.15) is 34.8 Å². The van der Waals surface area contributed by atoms with Crippen LogP contribution in [0.4, 0.5) is 0 Å². The minimum absolute atomic E-state index is 0.275. The maximum Gasteiger partial charge on any atom is 0.343 e. The molecule has 0 saturated heterocycles. The lowest BCUT2D eigenvalue weighted by atomic mass is 10.1. The highest BCUT2D eigenvalue weighted by Gasteiger charge is 2.12. The Kier molecular flexibility index (Phi) is 4.62. The van der Waals surface area contributed by atoms with Gasteiger partial charge in [-0.3, -0.25) is 0 Å². The standard InChI is InChI=1S/C20H15NO4/c1-2-4-14-10-19(22)25-18-11-16(7-8-17(14)18)24-20(23)15-6-3-5-13(9-15)12-21/h3,5-11H,2,4H2,1H3. The van der Waals surface area contributed by atoms with Gasteiger partial charge in [0, 0.05) is 17.5 Å². The number of carbonyl (C=O) groups excluding carboxylic acids is 1. The molecule has 2 aromatic carbocycles. The summed E-state index contributed by atoms with van der Waals surface area (Å²) in [5.74, 6) is -0.305. The van der Waals surface area contributed by atoms with Crippen LogP contribution >= 0.6 is 0 Å². The lowest BCUT2D eigenvalue weighted by Crippen LogP contribution is -2.09. The number of carbonyl (C=O) groups is 1. The number of hydrogen-bond acceptors (Lipinski definition) is 5. The van der Waals surface area contributed by atoms with Crippen molar-refractivity contribution in [3.63, 3.8) is 0 Å². The molecule has 0 atom stereocenters. The van der Waals surface area contributed by atoms with E-state index >= 15 is 0 Å².